The normalized spacial score (nSPS) is 25.9. The second kappa shape index (κ2) is 4.28. The zero-order valence-corrected chi connectivity index (χ0v) is 10.2. The molecule has 3 rings (SSSR count). The lowest BCUT2D eigenvalue weighted by Crippen LogP contribution is -2.36. The number of alkyl halides is 5. The second-order valence-corrected chi connectivity index (χ2v) is 4.91. The summed E-state index contributed by atoms with van der Waals surface area (Å²) < 4.78 is 68.9. The van der Waals surface area contributed by atoms with Gasteiger partial charge in [0.05, 0.1) is 6.04 Å². The van der Waals surface area contributed by atoms with Crippen LogP contribution in [0, 0.1) is 0 Å². The summed E-state index contributed by atoms with van der Waals surface area (Å²) in [6.45, 7) is 0.754. The number of hydrogen-bond donors (Lipinski definition) is 1. The van der Waals surface area contributed by atoms with Crippen LogP contribution in [0.3, 0.4) is 0 Å². The predicted molar refractivity (Wildman–Crippen MR) is 58.6 cm³/mol. The number of fused-ring (bicyclic) bond motifs is 3. The molecule has 1 aromatic rings. The SMILES string of the molecule is FC(F)(F)C(F)(F)c1cc2c(cn1)[C@@H]1NCCC[C@@H]1O2. The highest BCUT2D eigenvalue weighted by Crippen LogP contribution is 2.46. The van der Waals surface area contributed by atoms with E-state index in [1.165, 1.54) is 0 Å². The number of nitrogens with zero attached hydrogens (tertiary/aromatic N) is 1. The summed E-state index contributed by atoms with van der Waals surface area (Å²) in [6, 6.07) is 0.517. The first-order valence-corrected chi connectivity index (χ1v) is 6.16. The zero-order valence-electron chi connectivity index (χ0n) is 10.2. The van der Waals surface area contributed by atoms with Gasteiger partial charge in [-0.3, -0.25) is 4.98 Å². The maximum absolute atomic E-state index is 13.2. The quantitative estimate of drug-likeness (QED) is 0.809. The van der Waals surface area contributed by atoms with E-state index in [0.29, 0.717) is 11.6 Å². The van der Waals surface area contributed by atoms with E-state index < -0.39 is 17.8 Å². The summed E-state index contributed by atoms with van der Waals surface area (Å²) in [5.41, 5.74) is -0.793. The zero-order chi connectivity index (χ0) is 14.5. The van der Waals surface area contributed by atoms with Crippen LogP contribution in [-0.4, -0.2) is 23.8 Å². The van der Waals surface area contributed by atoms with Crippen LogP contribution in [0.4, 0.5) is 22.0 Å². The number of rotatable bonds is 1. The van der Waals surface area contributed by atoms with Crippen LogP contribution in [-0.2, 0) is 5.92 Å². The lowest BCUT2D eigenvalue weighted by molar-refractivity contribution is -0.291. The molecule has 0 aliphatic carbocycles. The van der Waals surface area contributed by atoms with Gasteiger partial charge in [0, 0.05) is 17.8 Å². The Labute approximate surface area is 111 Å². The summed E-state index contributed by atoms with van der Waals surface area (Å²) in [6.07, 6.45) is -3.24. The molecule has 2 atom stereocenters. The third kappa shape index (κ3) is 1.93. The molecule has 1 fully saturated rings. The second-order valence-electron chi connectivity index (χ2n) is 4.91. The lowest BCUT2D eigenvalue weighted by Gasteiger charge is -2.25. The number of nitrogens with one attached hydrogen (secondary N) is 1. The maximum Gasteiger partial charge on any atom is 0.459 e. The van der Waals surface area contributed by atoms with Crippen LogP contribution in [0.5, 0.6) is 5.75 Å². The summed E-state index contributed by atoms with van der Waals surface area (Å²) in [5, 5.41) is 3.15. The Bertz CT molecular complexity index is 531. The molecular formula is C12H11F5N2O. The molecule has 0 spiro atoms. The molecule has 0 unspecified atom stereocenters. The summed E-state index contributed by atoms with van der Waals surface area (Å²) in [5.74, 6) is -4.92. The van der Waals surface area contributed by atoms with Crippen molar-refractivity contribution in [3.63, 3.8) is 0 Å². The van der Waals surface area contributed by atoms with Crippen LogP contribution in [0.15, 0.2) is 12.3 Å². The van der Waals surface area contributed by atoms with Crippen molar-refractivity contribution < 1.29 is 26.7 Å². The number of ether oxygens (including phenoxy) is 1. The minimum Gasteiger partial charge on any atom is -0.488 e. The molecule has 2 aliphatic rings. The Morgan fingerprint density at radius 2 is 2.00 bits per heavy atom. The van der Waals surface area contributed by atoms with Crippen LogP contribution in [0.2, 0.25) is 0 Å². The molecule has 1 aromatic heterocycles. The van der Waals surface area contributed by atoms with E-state index in [9.17, 15) is 22.0 Å². The van der Waals surface area contributed by atoms with E-state index in [1.807, 2.05) is 0 Å². The van der Waals surface area contributed by atoms with Crippen molar-refractivity contribution in [2.75, 3.05) is 6.54 Å². The molecule has 0 radical (unpaired) electrons. The Balaban J connectivity index is 1.96. The van der Waals surface area contributed by atoms with Crippen LogP contribution in [0.25, 0.3) is 0 Å². The van der Waals surface area contributed by atoms with Gasteiger partial charge < -0.3 is 10.1 Å². The van der Waals surface area contributed by atoms with Crippen molar-refractivity contribution in [2.45, 2.75) is 37.1 Å². The number of aromatic nitrogens is 1. The third-order valence-electron chi connectivity index (χ3n) is 3.59. The van der Waals surface area contributed by atoms with Crippen LogP contribution >= 0.6 is 0 Å². The van der Waals surface area contributed by atoms with Gasteiger partial charge in [0.15, 0.2) is 0 Å². The van der Waals surface area contributed by atoms with E-state index >= 15 is 0 Å². The first kappa shape index (κ1) is 13.5. The Kier molecular flexibility index (Phi) is 2.89. The van der Waals surface area contributed by atoms with Crippen molar-refractivity contribution in [2.24, 2.45) is 0 Å². The molecule has 1 N–H and O–H groups in total. The van der Waals surface area contributed by atoms with E-state index in [2.05, 4.69) is 10.3 Å². The van der Waals surface area contributed by atoms with Crippen molar-refractivity contribution in [3.8, 4) is 5.75 Å². The molecule has 0 saturated carbocycles. The third-order valence-corrected chi connectivity index (χ3v) is 3.59. The molecule has 1 saturated heterocycles. The molecule has 0 aromatic carbocycles. The van der Waals surface area contributed by atoms with E-state index in [-0.39, 0.29) is 17.9 Å². The van der Waals surface area contributed by atoms with Crippen LogP contribution in [0.1, 0.15) is 30.1 Å². The average Bonchev–Trinajstić information content (AvgIpc) is 2.74. The molecule has 0 amide bonds. The predicted octanol–water partition coefficient (Wildman–Crippen LogP) is 2.92. The van der Waals surface area contributed by atoms with Gasteiger partial charge in [0.1, 0.15) is 17.5 Å². The minimum atomic E-state index is -5.67. The highest BCUT2D eigenvalue weighted by Gasteiger charge is 2.60. The molecule has 2 aliphatic heterocycles. The number of piperidine rings is 1. The number of hydrogen-bond acceptors (Lipinski definition) is 3. The highest BCUT2D eigenvalue weighted by molar-refractivity contribution is 5.41. The summed E-state index contributed by atoms with van der Waals surface area (Å²) >= 11 is 0. The van der Waals surface area contributed by atoms with Crippen molar-refractivity contribution in [1.82, 2.24) is 10.3 Å². The largest absolute Gasteiger partial charge is 0.488 e. The van der Waals surface area contributed by atoms with Crippen molar-refractivity contribution >= 4 is 0 Å². The monoisotopic (exact) mass is 294 g/mol. The van der Waals surface area contributed by atoms with Gasteiger partial charge in [-0.15, -0.1) is 0 Å². The lowest BCUT2D eigenvalue weighted by atomic mass is 9.98. The van der Waals surface area contributed by atoms with Gasteiger partial charge in [-0.25, -0.2) is 0 Å². The first-order valence-electron chi connectivity index (χ1n) is 6.16. The Hall–Kier alpha value is -1.44. The summed E-state index contributed by atoms with van der Waals surface area (Å²) in [7, 11) is 0. The average molecular weight is 294 g/mol. The standard InChI is InChI=1S/C12H11F5N2O/c13-11(14,12(15,16)17)9-4-8-6(5-19-9)10-7(20-8)2-1-3-18-10/h4-5,7,10,18H,1-3H2/t7-,10-/m0/s1. The van der Waals surface area contributed by atoms with Gasteiger partial charge in [0.25, 0.3) is 0 Å². The van der Waals surface area contributed by atoms with E-state index in [4.69, 9.17) is 4.74 Å². The summed E-state index contributed by atoms with van der Waals surface area (Å²) in [4.78, 5) is 3.29. The molecule has 20 heavy (non-hydrogen) atoms. The molecular weight excluding hydrogens is 283 g/mol. The topological polar surface area (TPSA) is 34.2 Å². The van der Waals surface area contributed by atoms with E-state index in [0.717, 1.165) is 25.6 Å². The van der Waals surface area contributed by atoms with E-state index in [1.54, 1.807) is 0 Å². The van der Waals surface area contributed by atoms with Crippen molar-refractivity contribution in [1.29, 1.82) is 0 Å². The highest BCUT2D eigenvalue weighted by atomic mass is 19.4. The fraction of sp³-hybridized carbons (Fsp3) is 0.583. The fourth-order valence-corrected chi connectivity index (χ4v) is 2.56. The van der Waals surface area contributed by atoms with Gasteiger partial charge >= 0.3 is 12.1 Å². The number of pyridine rings is 1. The van der Waals surface area contributed by atoms with Crippen LogP contribution < -0.4 is 10.1 Å². The molecule has 8 heteroatoms. The van der Waals surface area contributed by atoms with Gasteiger partial charge in [-0.05, 0) is 19.4 Å². The smallest absolute Gasteiger partial charge is 0.459 e. The molecule has 3 heterocycles. The van der Waals surface area contributed by atoms with Gasteiger partial charge in [-0.1, -0.05) is 0 Å². The Morgan fingerprint density at radius 3 is 2.70 bits per heavy atom. The molecule has 110 valence electrons. The number of halogens is 5. The minimum absolute atomic E-state index is 0.0586. The fourth-order valence-electron chi connectivity index (χ4n) is 2.56. The van der Waals surface area contributed by atoms with Gasteiger partial charge in [-0.2, -0.15) is 22.0 Å². The van der Waals surface area contributed by atoms with Gasteiger partial charge in [0.2, 0.25) is 0 Å². The van der Waals surface area contributed by atoms with Crippen molar-refractivity contribution in [3.05, 3.63) is 23.5 Å². The maximum atomic E-state index is 13.2. The molecule has 0 bridgehead atoms. The molecule has 3 nitrogen and oxygen atoms in total. The first-order chi connectivity index (χ1) is 9.30. The Morgan fingerprint density at radius 1 is 1.25 bits per heavy atom.